The van der Waals surface area contributed by atoms with Crippen LogP contribution in [0.5, 0.6) is 5.75 Å². The highest BCUT2D eigenvalue weighted by Gasteiger charge is 2.45. The highest BCUT2D eigenvalue weighted by Crippen LogP contribution is 2.45. The van der Waals surface area contributed by atoms with Gasteiger partial charge in [0.2, 0.25) is 5.91 Å². The lowest BCUT2D eigenvalue weighted by molar-refractivity contribution is -0.129. The second kappa shape index (κ2) is 6.68. The zero-order valence-electron chi connectivity index (χ0n) is 12.3. The second-order valence-corrected chi connectivity index (χ2v) is 5.69. The number of halogens is 1. The minimum absolute atomic E-state index is 0.122. The summed E-state index contributed by atoms with van der Waals surface area (Å²) in [6.45, 7) is 0.705. The molecule has 1 aromatic carbocycles. The molecule has 1 aliphatic carbocycles. The first-order chi connectivity index (χ1) is 10.6. The minimum Gasteiger partial charge on any atom is -0.495 e. The SMILES string of the molecule is COc1ccc(CN(CC2(C#N)CC2)C(=O)CCl)cc1C#N. The molecule has 114 valence electrons. The van der Waals surface area contributed by atoms with E-state index in [2.05, 4.69) is 12.1 Å². The summed E-state index contributed by atoms with van der Waals surface area (Å²) in [5.74, 6) is 0.164. The molecule has 2 rings (SSSR count). The van der Waals surface area contributed by atoms with Gasteiger partial charge in [-0.2, -0.15) is 10.5 Å². The molecule has 1 saturated carbocycles. The van der Waals surface area contributed by atoms with Gasteiger partial charge in [0.05, 0.1) is 24.2 Å². The molecule has 0 atom stereocenters. The fraction of sp³-hybridized carbons (Fsp3) is 0.438. The van der Waals surface area contributed by atoms with Crippen LogP contribution in [0.15, 0.2) is 18.2 Å². The Morgan fingerprint density at radius 1 is 1.45 bits per heavy atom. The summed E-state index contributed by atoms with van der Waals surface area (Å²) in [5, 5.41) is 18.3. The van der Waals surface area contributed by atoms with Crippen LogP contribution in [0.3, 0.4) is 0 Å². The largest absolute Gasteiger partial charge is 0.495 e. The highest BCUT2D eigenvalue weighted by atomic mass is 35.5. The first kappa shape index (κ1) is 16.1. The summed E-state index contributed by atoms with van der Waals surface area (Å²) in [6.07, 6.45) is 1.61. The average molecular weight is 318 g/mol. The standard InChI is InChI=1S/C16H16ClN3O2/c1-22-14-3-2-12(6-13(14)8-18)9-20(15(21)7-17)11-16(10-19)4-5-16/h2-3,6H,4-5,7,9,11H2,1H3. The van der Waals surface area contributed by atoms with Gasteiger partial charge in [-0.05, 0) is 30.5 Å². The smallest absolute Gasteiger partial charge is 0.237 e. The number of methoxy groups -OCH3 is 1. The number of hydrogen-bond acceptors (Lipinski definition) is 4. The van der Waals surface area contributed by atoms with Crippen LogP contribution >= 0.6 is 11.6 Å². The third-order valence-electron chi connectivity index (χ3n) is 3.81. The summed E-state index contributed by atoms with van der Waals surface area (Å²) in [4.78, 5) is 13.6. The molecule has 0 radical (unpaired) electrons. The molecule has 0 saturated heterocycles. The van der Waals surface area contributed by atoms with E-state index in [1.165, 1.54) is 7.11 Å². The molecule has 1 fully saturated rings. The summed E-state index contributed by atoms with van der Waals surface area (Å²) >= 11 is 5.67. The van der Waals surface area contributed by atoms with Gasteiger partial charge in [-0.1, -0.05) is 6.07 Å². The maximum atomic E-state index is 12.0. The molecule has 1 aliphatic rings. The first-order valence-corrected chi connectivity index (χ1v) is 7.43. The molecule has 1 aromatic rings. The summed E-state index contributed by atoms with van der Waals surface area (Å²) < 4.78 is 5.11. The number of alkyl halides is 1. The van der Waals surface area contributed by atoms with E-state index >= 15 is 0 Å². The molecule has 6 heteroatoms. The van der Waals surface area contributed by atoms with Gasteiger partial charge in [0.25, 0.3) is 0 Å². The highest BCUT2D eigenvalue weighted by molar-refractivity contribution is 6.27. The zero-order chi connectivity index (χ0) is 16.2. The van der Waals surface area contributed by atoms with Crippen LogP contribution in [-0.4, -0.2) is 30.3 Å². The number of carbonyl (C=O) groups excluding carboxylic acids is 1. The Bertz CT molecular complexity index is 656. The molecular formula is C16H16ClN3O2. The Kier molecular flexibility index (Phi) is 4.90. The quantitative estimate of drug-likeness (QED) is 0.755. The normalized spacial score (nSPS) is 14.5. The van der Waals surface area contributed by atoms with E-state index in [4.69, 9.17) is 21.6 Å². The van der Waals surface area contributed by atoms with E-state index in [0.717, 1.165) is 18.4 Å². The Balaban J connectivity index is 2.19. The number of hydrogen-bond donors (Lipinski definition) is 0. The zero-order valence-corrected chi connectivity index (χ0v) is 13.1. The van der Waals surface area contributed by atoms with E-state index in [1.807, 2.05) is 0 Å². The van der Waals surface area contributed by atoms with E-state index in [9.17, 15) is 10.1 Å². The Morgan fingerprint density at radius 3 is 2.68 bits per heavy atom. The monoisotopic (exact) mass is 317 g/mol. The predicted molar refractivity (Wildman–Crippen MR) is 81.1 cm³/mol. The molecule has 1 amide bonds. The van der Waals surface area contributed by atoms with Gasteiger partial charge in [-0.15, -0.1) is 11.6 Å². The fourth-order valence-electron chi connectivity index (χ4n) is 2.30. The predicted octanol–water partition coefficient (Wildman–Crippen LogP) is 2.44. The molecule has 0 unspecified atom stereocenters. The molecule has 0 spiro atoms. The van der Waals surface area contributed by atoms with Crippen molar-refractivity contribution in [2.24, 2.45) is 5.41 Å². The van der Waals surface area contributed by atoms with Crippen molar-refractivity contribution in [1.29, 1.82) is 10.5 Å². The molecule has 5 nitrogen and oxygen atoms in total. The topological polar surface area (TPSA) is 77.1 Å². The maximum Gasteiger partial charge on any atom is 0.237 e. The third kappa shape index (κ3) is 3.50. The first-order valence-electron chi connectivity index (χ1n) is 6.89. The molecule has 0 heterocycles. The molecular weight excluding hydrogens is 302 g/mol. The molecule has 0 bridgehead atoms. The van der Waals surface area contributed by atoms with Crippen molar-refractivity contribution in [1.82, 2.24) is 4.90 Å². The number of nitrogens with zero attached hydrogens (tertiary/aromatic N) is 3. The second-order valence-electron chi connectivity index (χ2n) is 5.42. The molecule has 0 aliphatic heterocycles. The van der Waals surface area contributed by atoms with Crippen molar-refractivity contribution in [3.05, 3.63) is 29.3 Å². The van der Waals surface area contributed by atoms with Gasteiger partial charge in [0.1, 0.15) is 17.7 Å². The number of benzene rings is 1. The number of carbonyl (C=O) groups is 1. The van der Waals surface area contributed by atoms with Crippen LogP contribution in [0, 0.1) is 28.1 Å². The van der Waals surface area contributed by atoms with Crippen molar-refractivity contribution in [3.63, 3.8) is 0 Å². The van der Waals surface area contributed by atoms with E-state index in [-0.39, 0.29) is 11.8 Å². The van der Waals surface area contributed by atoms with Crippen LogP contribution in [0.25, 0.3) is 0 Å². The number of nitriles is 2. The van der Waals surface area contributed by atoms with Crippen LogP contribution in [0.4, 0.5) is 0 Å². The molecule has 0 N–H and O–H groups in total. The van der Waals surface area contributed by atoms with Crippen molar-refractivity contribution >= 4 is 17.5 Å². The van der Waals surface area contributed by atoms with Crippen LogP contribution in [0.2, 0.25) is 0 Å². The Labute approximate surface area is 134 Å². The molecule has 22 heavy (non-hydrogen) atoms. The van der Waals surface area contributed by atoms with E-state index in [1.54, 1.807) is 23.1 Å². The van der Waals surface area contributed by atoms with Crippen molar-refractivity contribution < 1.29 is 9.53 Å². The van der Waals surface area contributed by atoms with Crippen LogP contribution in [0.1, 0.15) is 24.0 Å². The van der Waals surface area contributed by atoms with Crippen molar-refractivity contribution in [2.75, 3.05) is 19.5 Å². The Morgan fingerprint density at radius 2 is 2.18 bits per heavy atom. The van der Waals surface area contributed by atoms with Crippen molar-refractivity contribution in [3.8, 4) is 17.9 Å². The van der Waals surface area contributed by atoms with Gasteiger partial charge in [0.15, 0.2) is 0 Å². The summed E-state index contributed by atoms with van der Waals surface area (Å²) in [7, 11) is 1.50. The number of rotatable bonds is 6. The van der Waals surface area contributed by atoms with Gasteiger partial charge in [-0.3, -0.25) is 4.79 Å². The average Bonchev–Trinajstić information content (AvgIpc) is 3.33. The Hall–Kier alpha value is -2.24. The number of amides is 1. The summed E-state index contributed by atoms with van der Waals surface area (Å²) in [6, 6.07) is 9.55. The van der Waals surface area contributed by atoms with Gasteiger partial charge in [-0.25, -0.2) is 0 Å². The summed E-state index contributed by atoms with van der Waals surface area (Å²) in [5.41, 5.74) is 0.802. The van der Waals surface area contributed by atoms with Gasteiger partial charge < -0.3 is 9.64 Å². The van der Waals surface area contributed by atoms with Gasteiger partial charge >= 0.3 is 0 Å². The minimum atomic E-state index is -0.424. The lowest BCUT2D eigenvalue weighted by Crippen LogP contribution is -2.36. The number of ether oxygens (including phenoxy) is 1. The van der Waals surface area contributed by atoms with Gasteiger partial charge in [0, 0.05) is 13.1 Å². The van der Waals surface area contributed by atoms with Crippen LogP contribution < -0.4 is 4.74 Å². The van der Waals surface area contributed by atoms with E-state index < -0.39 is 5.41 Å². The van der Waals surface area contributed by atoms with Crippen LogP contribution in [-0.2, 0) is 11.3 Å². The maximum absolute atomic E-state index is 12.0. The lowest BCUT2D eigenvalue weighted by Gasteiger charge is -2.24. The van der Waals surface area contributed by atoms with E-state index in [0.29, 0.717) is 24.4 Å². The third-order valence-corrected chi connectivity index (χ3v) is 4.04. The lowest BCUT2D eigenvalue weighted by atomic mass is 10.1. The van der Waals surface area contributed by atoms with Crippen molar-refractivity contribution in [2.45, 2.75) is 19.4 Å². The fourth-order valence-corrected chi connectivity index (χ4v) is 2.47. The molecule has 0 aromatic heterocycles.